The molecule has 5 unspecified atom stereocenters. The lowest BCUT2D eigenvalue weighted by molar-refractivity contribution is -0.160. The molecule has 5 atom stereocenters. The number of rotatable bonds is 6. The van der Waals surface area contributed by atoms with Gasteiger partial charge < -0.3 is 9.47 Å². The molecule has 28 heavy (non-hydrogen) atoms. The topological polar surface area (TPSA) is 35.5 Å². The van der Waals surface area contributed by atoms with Crippen LogP contribution in [0.25, 0.3) is 10.8 Å². The van der Waals surface area contributed by atoms with E-state index in [1.807, 2.05) is 13.8 Å². The first-order valence-electron chi connectivity index (χ1n) is 10.7. The van der Waals surface area contributed by atoms with Gasteiger partial charge in [0.25, 0.3) is 0 Å². The summed E-state index contributed by atoms with van der Waals surface area (Å²) in [6.45, 7) is 8.33. The van der Waals surface area contributed by atoms with Gasteiger partial charge in [-0.3, -0.25) is 4.79 Å². The smallest absolute Gasteiger partial charge is 0.308 e. The predicted molar refractivity (Wildman–Crippen MR) is 112 cm³/mol. The van der Waals surface area contributed by atoms with Crippen molar-refractivity contribution >= 4 is 16.7 Å². The fourth-order valence-corrected chi connectivity index (χ4v) is 4.90. The SMILES string of the molecule is CCC(C)C(=O)OC1CC2CC1CC2OC(C)(C)c1ccc2ccccc2c1. The normalized spacial score (nSPS) is 27.9. The highest BCUT2D eigenvalue weighted by molar-refractivity contribution is 5.83. The van der Waals surface area contributed by atoms with E-state index in [0.717, 1.165) is 25.7 Å². The van der Waals surface area contributed by atoms with Crippen LogP contribution in [-0.4, -0.2) is 18.2 Å². The van der Waals surface area contributed by atoms with Gasteiger partial charge in [-0.15, -0.1) is 0 Å². The molecule has 2 fully saturated rings. The van der Waals surface area contributed by atoms with Crippen LogP contribution in [0.1, 0.15) is 58.9 Å². The Bertz CT molecular complexity index is 856. The standard InChI is InChI=1S/C25H32O3/c1-5-16(2)24(26)27-22-14-20-12-19(22)15-23(20)28-25(3,4)21-11-10-17-8-6-7-9-18(17)13-21/h6-11,13,16,19-20,22-23H,5,12,14-15H2,1-4H3. The summed E-state index contributed by atoms with van der Waals surface area (Å²) < 4.78 is 12.5. The van der Waals surface area contributed by atoms with Crippen molar-refractivity contribution in [2.45, 2.75) is 71.2 Å². The van der Waals surface area contributed by atoms with Gasteiger partial charge in [-0.2, -0.15) is 0 Å². The first-order valence-corrected chi connectivity index (χ1v) is 10.7. The Kier molecular flexibility index (Phi) is 5.22. The number of hydrogen-bond acceptors (Lipinski definition) is 3. The van der Waals surface area contributed by atoms with E-state index >= 15 is 0 Å². The molecule has 2 aliphatic rings. The Labute approximate surface area is 168 Å². The van der Waals surface area contributed by atoms with E-state index in [0.29, 0.717) is 11.8 Å². The zero-order valence-corrected chi connectivity index (χ0v) is 17.5. The molecule has 0 saturated heterocycles. The molecule has 3 nitrogen and oxygen atoms in total. The van der Waals surface area contributed by atoms with Crippen LogP contribution in [-0.2, 0) is 19.9 Å². The molecule has 2 aliphatic carbocycles. The minimum atomic E-state index is -0.331. The van der Waals surface area contributed by atoms with Crippen LogP contribution in [0, 0.1) is 17.8 Å². The van der Waals surface area contributed by atoms with Crippen LogP contribution < -0.4 is 0 Å². The van der Waals surface area contributed by atoms with Gasteiger partial charge in [-0.1, -0.05) is 50.2 Å². The Morgan fingerprint density at radius 3 is 2.39 bits per heavy atom. The molecule has 2 aromatic rings. The quantitative estimate of drug-likeness (QED) is 0.590. The summed E-state index contributed by atoms with van der Waals surface area (Å²) in [6.07, 6.45) is 4.26. The minimum absolute atomic E-state index is 0.00184. The second-order valence-corrected chi connectivity index (χ2v) is 9.24. The predicted octanol–water partition coefficient (Wildman–Crippen LogP) is 5.85. The van der Waals surface area contributed by atoms with Crippen LogP contribution in [0.15, 0.2) is 42.5 Å². The summed E-state index contributed by atoms with van der Waals surface area (Å²) in [5, 5.41) is 2.51. The van der Waals surface area contributed by atoms with Gasteiger partial charge in [0.1, 0.15) is 6.10 Å². The molecule has 0 heterocycles. The molecule has 0 aromatic heterocycles. The molecule has 4 rings (SSSR count). The van der Waals surface area contributed by atoms with Crippen LogP contribution in [0.5, 0.6) is 0 Å². The van der Waals surface area contributed by atoms with E-state index in [1.54, 1.807) is 0 Å². The molecule has 0 aliphatic heterocycles. The Balaban J connectivity index is 1.41. The molecule has 0 N–H and O–H groups in total. The zero-order valence-electron chi connectivity index (χ0n) is 17.5. The summed E-state index contributed by atoms with van der Waals surface area (Å²) >= 11 is 0. The first kappa shape index (κ1) is 19.4. The molecule has 0 spiro atoms. The van der Waals surface area contributed by atoms with Crippen molar-refractivity contribution in [3.8, 4) is 0 Å². The number of fused-ring (bicyclic) bond motifs is 3. The Hall–Kier alpha value is -1.87. The first-order chi connectivity index (χ1) is 13.4. The maximum Gasteiger partial charge on any atom is 0.308 e. The van der Waals surface area contributed by atoms with Gasteiger partial charge in [-0.05, 0) is 73.8 Å². The molecule has 3 heteroatoms. The van der Waals surface area contributed by atoms with Crippen molar-refractivity contribution in [3.63, 3.8) is 0 Å². The average Bonchev–Trinajstić information content (AvgIpc) is 3.26. The average molecular weight is 381 g/mol. The van der Waals surface area contributed by atoms with Gasteiger partial charge in [0.2, 0.25) is 0 Å². The minimum Gasteiger partial charge on any atom is -0.462 e. The molecule has 2 bridgehead atoms. The van der Waals surface area contributed by atoms with E-state index in [1.165, 1.54) is 16.3 Å². The van der Waals surface area contributed by atoms with Gasteiger partial charge in [0.15, 0.2) is 0 Å². The maximum atomic E-state index is 12.2. The van der Waals surface area contributed by atoms with Gasteiger partial charge in [-0.25, -0.2) is 0 Å². The van der Waals surface area contributed by atoms with Crippen molar-refractivity contribution in [1.29, 1.82) is 0 Å². The van der Waals surface area contributed by atoms with Gasteiger partial charge in [0, 0.05) is 0 Å². The molecule has 150 valence electrons. The number of benzene rings is 2. The zero-order chi connectivity index (χ0) is 19.9. The number of esters is 1. The Morgan fingerprint density at radius 2 is 1.71 bits per heavy atom. The van der Waals surface area contributed by atoms with E-state index in [2.05, 4.69) is 56.3 Å². The summed E-state index contributed by atoms with van der Waals surface area (Å²) in [4.78, 5) is 12.2. The molecular weight excluding hydrogens is 348 g/mol. The second kappa shape index (κ2) is 7.51. The third kappa shape index (κ3) is 3.69. The highest BCUT2D eigenvalue weighted by Gasteiger charge is 2.49. The number of ether oxygens (including phenoxy) is 2. The van der Waals surface area contributed by atoms with E-state index in [-0.39, 0.29) is 29.7 Å². The van der Waals surface area contributed by atoms with E-state index in [9.17, 15) is 4.79 Å². The van der Waals surface area contributed by atoms with Crippen molar-refractivity contribution in [3.05, 3.63) is 48.0 Å². The monoisotopic (exact) mass is 380 g/mol. The number of carbonyl (C=O) groups is 1. The van der Waals surface area contributed by atoms with Crippen molar-refractivity contribution in [1.82, 2.24) is 0 Å². The number of carbonyl (C=O) groups excluding carboxylic acids is 1. The fraction of sp³-hybridized carbons (Fsp3) is 0.560. The van der Waals surface area contributed by atoms with Crippen molar-refractivity contribution in [2.24, 2.45) is 17.8 Å². The molecular formula is C25H32O3. The molecule has 0 radical (unpaired) electrons. The summed E-state index contributed by atoms with van der Waals surface area (Å²) in [6, 6.07) is 15.1. The van der Waals surface area contributed by atoms with Crippen LogP contribution in [0.2, 0.25) is 0 Å². The molecule has 2 saturated carbocycles. The van der Waals surface area contributed by atoms with Crippen LogP contribution >= 0.6 is 0 Å². The lowest BCUT2D eigenvalue weighted by atomic mass is 9.91. The third-order valence-electron chi connectivity index (χ3n) is 6.90. The van der Waals surface area contributed by atoms with E-state index < -0.39 is 0 Å². The second-order valence-electron chi connectivity index (χ2n) is 9.24. The fourth-order valence-electron chi connectivity index (χ4n) is 4.90. The summed E-state index contributed by atoms with van der Waals surface area (Å²) in [5.41, 5.74) is 0.885. The summed E-state index contributed by atoms with van der Waals surface area (Å²) in [5.74, 6) is 0.918. The highest BCUT2D eigenvalue weighted by Crippen LogP contribution is 2.49. The Morgan fingerprint density at radius 1 is 1.04 bits per heavy atom. The van der Waals surface area contributed by atoms with Gasteiger partial charge in [0.05, 0.1) is 17.6 Å². The molecule has 2 aromatic carbocycles. The highest BCUT2D eigenvalue weighted by atomic mass is 16.5. The van der Waals surface area contributed by atoms with Crippen molar-refractivity contribution in [2.75, 3.05) is 0 Å². The van der Waals surface area contributed by atoms with Crippen LogP contribution in [0.4, 0.5) is 0 Å². The van der Waals surface area contributed by atoms with E-state index in [4.69, 9.17) is 9.47 Å². The maximum absolute atomic E-state index is 12.2. The lowest BCUT2D eigenvalue weighted by Gasteiger charge is -2.35. The number of hydrogen-bond donors (Lipinski definition) is 0. The van der Waals surface area contributed by atoms with Crippen molar-refractivity contribution < 1.29 is 14.3 Å². The van der Waals surface area contributed by atoms with Crippen LogP contribution in [0.3, 0.4) is 0 Å². The third-order valence-corrected chi connectivity index (χ3v) is 6.90. The molecule has 0 amide bonds. The lowest BCUT2D eigenvalue weighted by Crippen LogP contribution is -2.36. The largest absolute Gasteiger partial charge is 0.462 e. The summed E-state index contributed by atoms with van der Waals surface area (Å²) in [7, 11) is 0. The van der Waals surface area contributed by atoms with Gasteiger partial charge >= 0.3 is 5.97 Å².